The third kappa shape index (κ3) is 4.62. The molecule has 5 rings (SSSR count). The first-order chi connectivity index (χ1) is 18.0. The predicted octanol–water partition coefficient (Wildman–Crippen LogP) is 6.20. The van der Waals surface area contributed by atoms with Gasteiger partial charge in [0.05, 0.1) is 21.8 Å². The largest absolute Gasteiger partial charge is 0.440 e. The lowest BCUT2D eigenvalue weighted by atomic mass is 9.97. The molecule has 2 heterocycles. The molecule has 0 saturated carbocycles. The second-order valence-electron chi connectivity index (χ2n) is 9.05. The molecule has 2 aromatic heterocycles. The summed E-state index contributed by atoms with van der Waals surface area (Å²) in [5.74, 6) is 0.932. The van der Waals surface area contributed by atoms with Gasteiger partial charge in [0, 0.05) is 30.5 Å². The molecular weight excluding hydrogens is 503 g/mol. The summed E-state index contributed by atoms with van der Waals surface area (Å²) in [6.45, 7) is 5.52. The molecule has 190 valence electrons. The highest BCUT2D eigenvalue weighted by Gasteiger charge is 2.22. The number of aromatic nitrogens is 3. The topological polar surface area (TPSA) is 102 Å². The minimum Gasteiger partial charge on any atom is -0.440 e. The fraction of sp³-hybridized carbons (Fsp3) is 0.138. The van der Waals surface area contributed by atoms with Crippen molar-refractivity contribution in [1.82, 2.24) is 14.5 Å². The first-order valence-electron chi connectivity index (χ1n) is 11.7. The van der Waals surface area contributed by atoms with Crippen LogP contribution in [0.5, 0.6) is 0 Å². The van der Waals surface area contributed by atoms with Gasteiger partial charge in [-0.3, -0.25) is 0 Å². The van der Waals surface area contributed by atoms with Crippen molar-refractivity contribution >= 4 is 9.84 Å². The van der Waals surface area contributed by atoms with Gasteiger partial charge in [0.1, 0.15) is 23.4 Å². The summed E-state index contributed by atoms with van der Waals surface area (Å²) in [5, 5.41) is 9.36. The quantitative estimate of drug-likeness (QED) is 0.270. The maximum absolute atomic E-state index is 14.1. The summed E-state index contributed by atoms with van der Waals surface area (Å²) in [4.78, 5) is 9.43. The molecule has 0 aliphatic rings. The van der Waals surface area contributed by atoms with E-state index >= 15 is 0 Å². The molecule has 3 aromatic carbocycles. The van der Waals surface area contributed by atoms with E-state index in [1.165, 1.54) is 18.4 Å². The lowest BCUT2D eigenvalue weighted by Crippen LogP contribution is -2.00. The van der Waals surface area contributed by atoms with Gasteiger partial charge in [-0.05, 0) is 67.4 Å². The van der Waals surface area contributed by atoms with Gasteiger partial charge in [0.25, 0.3) is 0 Å². The van der Waals surface area contributed by atoms with Crippen molar-refractivity contribution in [2.45, 2.75) is 25.7 Å². The first-order valence-corrected chi connectivity index (χ1v) is 13.6. The molecule has 9 heteroatoms. The lowest BCUT2D eigenvalue weighted by molar-refractivity contribution is 0.534. The predicted molar refractivity (Wildman–Crippen MR) is 142 cm³/mol. The highest BCUT2D eigenvalue weighted by Crippen LogP contribution is 2.39. The van der Waals surface area contributed by atoms with Crippen molar-refractivity contribution < 1.29 is 17.2 Å². The van der Waals surface area contributed by atoms with Crippen molar-refractivity contribution in [1.29, 1.82) is 5.26 Å². The number of hydrogen-bond donors (Lipinski definition) is 0. The van der Waals surface area contributed by atoms with Gasteiger partial charge in [-0.2, -0.15) is 5.26 Å². The zero-order valence-electron chi connectivity index (χ0n) is 21.2. The Kier molecular flexibility index (Phi) is 6.21. The fourth-order valence-corrected chi connectivity index (χ4v) is 5.11. The number of benzene rings is 3. The van der Waals surface area contributed by atoms with Crippen molar-refractivity contribution in [2.75, 3.05) is 6.26 Å². The molecule has 0 radical (unpaired) electrons. The average molecular weight is 527 g/mol. The summed E-state index contributed by atoms with van der Waals surface area (Å²) < 4.78 is 46.4. The number of sulfone groups is 1. The summed E-state index contributed by atoms with van der Waals surface area (Å²) in [6.07, 6.45) is 3.09. The molecule has 0 atom stereocenters. The van der Waals surface area contributed by atoms with Crippen LogP contribution in [0, 0.1) is 37.9 Å². The van der Waals surface area contributed by atoms with E-state index in [4.69, 9.17) is 4.42 Å². The normalized spacial score (nSPS) is 11.5. The maximum Gasteiger partial charge on any atom is 0.192 e. The Hall–Kier alpha value is -4.55. The number of halogens is 1. The Morgan fingerprint density at radius 1 is 0.947 bits per heavy atom. The molecule has 0 fully saturated rings. The summed E-state index contributed by atoms with van der Waals surface area (Å²) in [6, 6.07) is 18.6. The summed E-state index contributed by atoms with van der Waals surface area (Å²) in [7, 11) is -3.40. The number of aryl methyl sites for hydroxylation is 3. The van der Waals surface area contributed by atoms with E-state index in [1.54, 1.807) is 31.2 Å². The number of nitrogens with zero attached hydrogens (tertiary/aromatic N) is 4. The van der Waals surface area contributed by atoms with Crippen LogP contribution in [0.15, 0.2) is 76.2 Å². The van der Waals surface area contributed by atoms with E-state index < -0.39 is 15.7 Å². The molecule has 0 N–H and O–H groups in total. The van der Waals surface area contributed by atoms with E-state index in [1.807, 2.05) is 54.9 Å². The van der Waals surface area contributed by atoms with Crippen LogP contribution in [0.1, 0.15) is 23.0 Å². The van der Waals surface area contributed by atoms with Crippen molar-refractivity contribution in [3.05, 3.63) is 95.7 Å². The molecule has 0 unspecified atom stereocenters. The molecule has 5 aromatic rings. The van der Waals surface area contributed by atoms with Crippen LogP contribution in [0.25, 0.3) is 39.4 Å². The van der Waals surface area contributed by atoms with Crippen molar-refractivity contribution in [2.24, 2.45) is 0 Å². The SMILES string of the molecule is Cc1cn(-c2ccc(-c3cccc(S(C)(=O)=O)c3)cc2-c2nc(C)oc2-c2ccc(F)c(C#N)c2)c(C)n1. The van der Waals surface area contributed by atoms with Crippen LogP contribution in [0.3, 0.4) is 0 Å². The van der Waals surface area contributed by atoms with Gasteiger partial charge >= 0.3 is 0 Å². The molecular formula is C29H23FN4O3S. The van der Waals surface area contributed by atoms with E-state index in [-0.39, 0.29) is 10.5 Å². The molecule has 0 bridgehead atoms. The van der Waals surface area contributed by atoms with Crippen molar-refractivity contribution in [3.63, 3.8) is 0 Å². The first kappa shape index (κ1) is 25.1. The number of nitriles is 1. The van der Waals surface area contributed by atoms with E-state index in [2.05, 4.69) is 9.97 Å². The zero-order chi connectivity index (χ0) is 27.2. The Bertz CT molecular complexity index is 1860. The standard InChI is InChI=1S/C29H23FN4O3S/c1-17-16-34(18(2)32-17)27-11-9-21(20-6-5-7-24(13-20)38(4,35)36)14-25(27)28-29(37-19(3)33-28)22-8-10-26(30)23(12-22)15-31/h5-14,16H,1-4H3. The van der Waals surface area contributed by atoms with Gasteiger partial charge in [0.15, 0.2) is 21.5 Å². The van der Waals surface area contributed by atoms with Gasteiger partial charge < -0.3 is 8.98 Å². The average Bonchev–Trinajstić information content (AvgIpc) is 3.44. The van der Waals surface area contributed by atoms with E-state index in [0.29, 0.717) is 28.5 Å². The Morgan fingerprint density at radius 2 is 1.68 bits per heavy atom. The zero-order valence-corrected chi connectivity index (χ0v) is 22.0. The number of imidazole rings is 1. The summed E-state index contributed by atoms with van der Waals surface area (Å²) >= 11 is 0. The van der Waals surface area contributed by atoms with Gasteiger partial charge in [-0.15, -0.1) is 0 Å². The third-order valence-corrected chi connectivity index (χ3v) is 7.30. The van der Waals surface area contributed by atoms with E-state index in [9.17, 15) is 18.1 Å². The van der Waals surface area contributed by atoms with Crippen LogP contribution >= 0.6 is 0 Å². The minimum absolute atomic E-state index is 0.102. The number of rotatable bonds is 5. The van der Waals surface area contributed by atoms with Crippen molar-refractivity contribution in [3.8, 4) is 45.5 Å². The maximum atomic E-state index is 14.1. The summed E-state index contributed by atoms with van der Waals surface area (Å²) in [5.41, 5.74) is 4.71. The third-order valence-electron chi connectivity index (χ3n) is 6.19. The highest BCUT2D eigenvalue weighted by molar-refractivity contribution is 7.90. The fourth-order valence-electron chi connectivity index (χ4n) is 4.44. The van der Waals surface area contributed by atoms with Crippen LogP contribution in [-0.2, 0) is 9.84 Å². The lowest BCUT2D eigenvalue weighted by Gasteiger charge is -2.14. The second kappa shape index (κ2) is 9.39. The molecule has 0 amide bonds. The van der Waals surface area contributed by atoms with Gasteiger partial charge in [-0.1, -0.05) is 18.2 Å². The number of oxazole rings is 1. The molecule has 38 heavy (non-hydrogen) atoms. The van der Waals surface area contributed by atoms with Crippen LogP contribution in [-0.4, -0.2) is 29.2 Å². The monoisotopic (exact) mass is 526 g/mol. The molecule has 0 saturated heterocycles. The van der Waals surface area contributed by atoms with Crippen LogP contribution in [0.4, 0.5) is 4.39 Å². The number of hydrogen-bond acceptors (Lipinski definition) is 6. The van der Waals surface area contributed by atoms with E-state index in [0.717, 1.165) is 28.3 Å². The Morgan fingerprint density at radius 3 is 2.37 bits per heavy atom. The Balaban J connectivity index is 1.78. The molecule has 0 aliphatic heterocycles. The molecule has 0 spiro atoms. The smallest absolute Gasteiger partial charge is 0.192 e. The van der Waals surface area contributed by atoms with Crippen LogP contribution in [0.2, 0.25) is 0 Å². The highest BCUT2D eigenvalue weighted by atomic mass is 32.2. The molecule has 7 nitrogen and oxygen atoms in total. The second-order valence-corrected chi connectivity index (χ2v) is 11.1. The van der Waals surface area contributed by atoms with Gasteiger partial charge in [-0.25, -0.2) is 22.8 Å². The van der Waals surface area contributed by atoms with Gasteiger partial charge in [0.2, 0.25) is 0 Å². The van der Waals surface area contributed by atoms with Crippen LogP contribution < -0.4 is 0 Å². The molecule has 0 aliphatic carbocycles. The Labute approximate surface area is 219 Å². The minimum atomic E-state index is -3.40.